The molecule has 0 aromatic rings. The lowest BCUT2D eigenvalue weighted by atomic mass is 10.0. The second-order valence-corrected chi connectivity index (χ2v) is 10.9. The number of hydrogen-bond donors (Lipinski definition) is 3. The third-order valence-electron chi connectivity index (χ3n) is 5.06. The van der Waals surface area contributed by atoms with Crippen LogP contribution < -0.4 is 16.1 Å². The van der Waals surface area contributed by atoms with E-state index in [-0.39, 0.29) is 17.7 Å². The highest BCUT2D eigenvalue weighted by molar-refractivity contribution is 6.67. The minimum atomic E-state index is -1.73. The molecule has 4 atom stereocenters. The van der Waals surface area contributed by atoms with Crippen molar-refractivity contribution < 1.29 is 23.9 Å². The number of ether oxygens (including phenoxy) is 1. The van der Waals surface area contributed by atoms with E-state index < -0.39 is 46.3 Å². The second-order valence-electron chi connectivity index (χ2n) is 8.42. The number of nitrogens with one attached hydrogen (secondary N) is 3. The summed E-state index contributed by atoms with van der Waals surface area (Å²) in [6.45, 7) is 10.4. The number of hydrogen-bond acceptors (Lipinski definition) is 6. The molecule has 0 bridgehead atoms. The second kappa shape index (κ2) is 13.4. The van der Waals surface area contributed by atoms with Gasteiger partial charge in [0.2, 0.25) is 15.6 Å². The molecule has 2 unspecified atom stereocenters. The molecule has 1 saturated heterocycles. The molecular weight excluding hydrogens is 495 g/mol. The molecule has 0 radical (unpaired) electrons. The average molecular weight is 528 g/mol. The first-order valence-corrected chi connectivity index (χ1v) is 11.9. The van der Waals surface area contributed by atoms with Gasteiger partial charge in [0.05, 0.1) is 0 Å². The molecule has 1 rings (SSSR count). The van der Waals surface area contributed by atoms with Crippen molar-refractivity contribution >= 4 is 58.5 Å². The molecule has 0 saturated carbocycles. The molecule has 0 spiro atoms. The highest BCUT2D eigenvalue weighted by Gasteiger charge is 2.34. The molecule has 12 heteroatoms. The first-order valence-electron chi connectivity index (χ1n) is 10.8. The highest BCUT2D eigenvalue weighted by Crippen LogP contribution is 2.26. The molecule has 1 fully saturated rings. The number of carbonyl (C=O) groups is 4. The van der Waals surface area contributed by atoms with Crippen molar-refractivity contribution in [2.24, 2.45) is 11.8 Å². The Morgan fingerprint density at radius 1 is 1.15 bits per heavy atom. The van der Waals surface area contributed by atoms with Crippen molar-refractivity contribution in [3.8, 4) is 0 Å². The van der Waals surface area contributed by atoms with E-state index in [0.717, 1.165) is 0 Å². The monoisotopic (exact) mass is 526 g/mol. The van der Waals surface area contributed by atoms with Gasteiger partial charge in [0.15, 0.2) is 0 Å². The lowest BCUT2D eigenvalue weighted by Gasteiger charge is -2.34. The van der Waals surface area contributed by atoms with Crippen LogP contribution in [-0.4, -0.2) is 63.8 Å². The number of rotatable bonds is 10. The van der Waals surface area contributed by atoms with Gasteiger partial charge in [0.1, 0.15) is 24.7 Å². The minimum Gasteiger partial charge on any atom is -0.460 e. The van der Waals surface area contributed by atoms with Crippen molar-refractivity contribution in [3.05, 3.63) is 12.7 Å². The van der Waals surface area contributed by atoms with E-state index in [1.807, 2.05) is 0 Å². The maximum absolute atomic E-state index is 12.9. The van der Waals surface area contributed by atoms with Crippen LogP contribution in [-0.2, 0) is 23.9 Å². The van der Waals surface area contributed by atoms with Gasteiger partial charge in [0, 0.05) is 12.5 Å². The van der Waals surface area contributed by atoms with Gasteiger partial charge >= 0.3 is 5.97 Å². The zero-order valence-electron chi connectivity index (χ0n) is 19.3. The summed E-state index contributed by atoms with van der Waals surface area (Å²) in [5, 5.41) is 6.66. The molecule has 33 heavy (non-hydrogen) atoms. The van der Waals surface area contributed by atoms with Gasteiger partial charge in [0.25, 0.3) is 5.91 Å². The van der Waals surface area contributed by atoms with Crippen LogP contribution in [0.25, 0.3) is 0 Å². The molecule has 0 aromatic heterocycles. The number of allylic oxidation sites excluding steroid dienone is 1. The van der Waals surface area contributed by atoms with Gasteiger partial charge in [-0.2, -0.15) is 0 Å². The van der Waals surface area contributed by atoms with Crippen molar-refractivity contribution in [1.82, 2.24) is 21.1 Å². The summed E-state index contributed by atoms with van der Waals surface area (Å²) in [6.07, 6.45) is 3.10. The van der Waals surface area contributed by atoms with E-state index in [0.29, 0.717) is 25.8 Å². The van der Waals surface area contributed by atoms with E-state index in [1.54, 1.807) is 26.8 Å². The summed E-state index contributed by atoms with van der Waals surface area (Å²) in [7, 11) is 0. The fraction of sp³-hybridized carbons (Fsp3) is 0.714. The van der Waals surface area contributed by atoms with Gasteiger partial charge in [-0.25, -0.2) is 5.43 Å². The molecule has 9 nitrogen and oxygen atoms in total. The standard InChI is InChI=1S/C21H33Cl3N4O5/c1-6-8-13(4)17(29)26-16(12(2)3)18(30)25-14(5)19(31)28-10-7-9-15(27-28)20(32)33-11-21(22,23)24/h6,12-16,27H,1,7-11H2,2-5H3,(H,25,30)(H,26,29)/t13-,14?,15+,16?/m1/s1. The Morgan fingerprint density at radius 3 is 2.33 bits per heavy atom. The Labute approximate surface area is 209 Å². The summed E-state index contributed by atoms with van der Waals surface area (Å²) in [4.78, 5) is 50.2. The fourth-order valence-corrected chi connectivity index (χ4v) is 3.32. The summed E-state index contributed by atoms with van der Waals surface area (Å²) < 4.78 is 3.25. The Hall–Kier alpha value is -1.55. The largest absolute Gasteiger partial charge is 0.460 e. The third-order valence-corrected chi connectivity index (χ3v) is 5.39. The number of esters is 1. The lowest BCUT2D eigenvalue weighted by Crippen LogP contribution is -2.61. The van der Waals surface area contributed by atoms with Crippen LogP contribution in [0.2, 0.25) is 0 Å². The van der Waals surface area contributed by atoms with E-state index in [1.165, 1.54) is 11.9 Å². The summed E-state index contributed by atoms with van der Waals surface area (Å²) in [5.41, 5.74) is 2.81. The van der Waals surface area contributed by atoms with Crippen molar-refractivity contribution in [3.63, 3.8) is 0 Å². The number of nitrogens with zero attached hydrogens (tertiary/aromatic N) is 1. The topological polar surface area (TPSA) is 117 Å². The van der Waals surface area contributed by atoms with Crippen LogP contribution in [0.5, 0.6) is 0 Å². The summed E-state index contributed by atoms with van der Waals surface area (Å²) in [6, 6.07) is -2.49. The molecule has 3 N–H and O–H groups in total. The zero-order valence-corrected chi connectivity index (χ0v) is 21.6. The molecule has 3 amide bonds. The molecule has 0 aliphatic carbocycles. The Morgan fingerprint density at radius 2 is 1.79 bits per heavy atom. The minimum absolute atomic E-state index is 0.197. The van der Waals surface area contributed by atoms with Gasteiger partial charge in [-0.3, -0.25) is 24.2 Å². The Bertz CT molecular complexity index is 729. The lowest BCUT2D eigenvalue weighted by molar-refractivity contribution is -0.152. The molecule has 0 aromatic carbocycles. The van der Waals surface area contributed by atoms with E-state index in [2.05, 4.69) is 22.6 Å². The number of hydrazine groups is 1. The Kier molecular flexibility index (Phi) is 11.9. The third kappa shape index (κ3) is 10.1. The predicted octanol–water partition coefficient (Wildman–Crippen LogP) is 2.25. The summed E-state index contributed by atoms with van der Waals surface area (Å²) in [5.74, 6) is -2.34. The number of halogens is 3. The Balaban J connectivity index is 2.70. The van der Waals surface area contributed by atoms with Gasteiger partial charge < -0.3 is 15.4 Å². The van der Waals surface area contributed by atoms with Gasteiger partial charge in [-0.15, -0.1) is 6.58 Å². The normalized spacial score (nSPS) is 19.3. The maximum Gasteiger partial charge on any atom is 0.325 e. The van der Waals surface area contributed by atoms with Crippen molar-refractivity contribution in [2.45, 2.75) is 68.9 Å². The molecule has 1 aliphatic heterocycles. The van der Waals surface area contributed by atoms with Crippen LogP contribution in [0.4, 0.5) is 0 Å². The fourth-order valence-electron chi connectivity index (χ4n) is 3.15. The van der Waals surface area contributed by atoms with Crippen LogP contribution in [0, 0.1) is 11.8 Å². The zero-order chi connectivity index (χ0) is 25.3. The average Bonchev–Trinajstić information content (AvgIpc) is 2.74. The molecule has 1 heterocycles. The predicted molar refractivity (Wildman–Crippen MR) is 127 cm³/mol. The summed E-state index contributed by atoms with van der Waals surface area (Å²) >= 11 is 16.8. The van der Waals surface area contributed by atoms with Crippen LogP contribution in [0.1, 0.15) is 47.0 Å². The number of amides is 3. The quantitative estimate of drug-likeness (QED) is 0.228. The van der Waals surface area contributed by atoms with Gasteiger partial charge in [-0.1, -0.05) is 61.7 Å². The van der Waals surface area contributed by atoms with Crippen LogP contribution in [0.15, 0.2) is 12.7 Å². The van der Waals surface area contributed by atoms with E-state index >= 15 is 0 Å². The van der Waals surface area contributed by atoms with E-state index in [9.17, 15) is 19.2 Å². The number of alkyl halides is 3. The smallest absolute Gasteiger partial charge is 0.325 e. The molecular formula is C21H33Cl3N4O5. The van der Waals surface area contributed by atoms with Crippen molar-refractivity contribution in [1.29, 1.82) is 0 Å². The highest BCUT2D eigenvalue weighted by atomic mass is 35.6. The molecule has 188 valence electrons. The first-order chi connectivity index (χ1) is 15.3. The SMILES string of the molecule is C=CC[C@@H](C)C(=O)NC(C(=O)NC(C)C(=O)N1CCC[C@@H](C(=O)OCC(Cl)(Cl)Cl)N1)C(C)C. The van der Waals surface area contributed by atoms with Crippen LogP contribution in [0.3, 0.4) is 0 Å². The van der Waals surface area contributed by atoms with Gasteiger partial charge in [-0.05, 0) is 32.1 Å². The van der Waals surface area contributed by atoms with Crippen molar-refractivity contribution in [2.75, 3.05) is 13.2 Å². The number of carbonyl (C=O) groups excluding carboxylic acids is 4. The maximum atomic E-state index is 12.9. The van der Waals surface area contributed by atoms with E-state index in [4.69, 9.17) is 39.5 Å². The first kappa shape index (κ1) is 29.5. The molecule has 1 aliphatic rings. The van der Waals surface area contributed by atoms with Crippen LogP contribution >= 0.6 is 34.8 Å².